The molecule has 3 aliphatic heterocycles. The van der Waals surface area contributed by atoms with Crippen molar-refractivity contribution in [2.24, 2.45) is 23.7 Å². The van der Waals surface area contributed by atoms with Crippen LogP contribution in [0.5, 0.6) is 0 Å². The number of nitrogens with zero attached hydrogens (tertiary/aromatic N) is 1. The van der Waals surface area contributed by atoms with E-state index < -0.39 is 41.6 Å². The van der Waals surface area contributed by atoms with Gasteiger partial charge >= 0.3 is 11.9 Å². The molecule has 1 N–H and O–H groups in total. The molecule has 3 heterocycles. The number of thioether (sulfide) groups is 2. The molecule has 2 saturated heterocycles. The number of fused-ring (bicyclic) bond motifs is 1. The monoisotopic (exact) mass is 505 g/mol. The zero-order chi connectivity index (χ0) is 23.7. The standard InChI is InChI=1S/C21H31NO7S3/c1-10(2)14(11(3)4)19(25)28-9-29-20(26)16-21(30-13-6-7-32(27)8-13)31-18-15(12(5)23)17(24)22(16)18/h10-15,18,23H,6-9H2,1-5H3/t12-,13+,15+,18-,32-/m1/s1. The molecule has 2 fully saturated rings. The lowest BCUT2D eigenvalue weighted by Crippen LogP contribution is -2.60. The van der Waals surface area contributed by atoms with Gasteiger partial charge in [-0.3, -0.25) is 18.7 Å². The Hall–Kier alpha value is -1.04. The molecule has 1 amide bonds. The van der Waals surface area contributed by atoms with Crippen LogP contribution < -0.4 is 0 Å². The summed E-state index contributed by atoms with van der Waals surface area (Å²) in [5.74, 6) is -1.05. The number of carbonyl (C=O) groups is 3. The molecule has 180 valence electrons. The number of amides is 1. The molecule has 3 aliphatic rings. The van der Waals surface area contributed by atoms with Gasteiger partial charge < -0.3 is 14.6 Å². The highest BCUT2D eigenvalue weighted by Gasteiger charge is 2.58. The van der Waals surface area contributed by atoms with Crippen LogP contribution in [0.3, 0.4) is 0 Å². The van der Waals surface area contributed by atoms with E-state index in [1.165, 1.54) is 28.4 Å². The Morgan fingerprint density at radius 1 is 1.22 bits per heavy atom. The number of β-lactam (4-membered cyclic amide) rings is 1. The minimum absolute atomic E-state index is 0.0870. The average molecular weight is 506 g/mol. The zero-order valence-corrected chi connectivity index (χ0v) is 21.4. The van der Waals surface area contributed by atoms with Crippen LogP contribution in [-0.4, -0.2) is 67.1 Å². The summed E-state index contributed by atoms with van der Waals surface area (Å²) in [6, 6.07) is 0. The van der Waals surface area contributed by atoms with Crippen LogP contribution in [0.1, 0.15) is 41.0 Å². The van der Waals surface area contributed by atoms with E-state index in [9.17, 15) is 23.7 Å². The Labute approximate surface area is 199 Å². The Kier molecular flexibility index (Phi) is 8.38. The molecule has 0 aromatic heterocycles. The van der Waals surface area contributed by atoms with Crippen molar-refractivity contribution in [3.05, 3.63) is 9.93 Å². The van der Waals surface area contributed by atoms with Crippen LogP contribution in [0.25, 0.3) is 0 Å². The van der Waals surface area contributed by atoms with Crippen molar-refractivity contribution >= 4 is 52.2 Å². The molecule has 11 heteroatoms. The molecule has 5 atom stereocenters. The lowest BCUT2D eigenvalue weighted by molar-refractivity contribution is -0.173. The first kappa shape index (κ1) is 25.6. The highest BCUT2D eigenvalue weighted by Crippen LogP contribution is 2.55. The van der Waals surface area contributed by atoms with Gasteiger partial charge in [0.15, 0.2) is 5.70 Å². The van der Waals surface area contributed by atoms with Gasteiger partial charge in [0.1, 0.15) is 5.37 Å². The van der Waals surface area contributed by atoms with Crippen molar-refractivity contribution < 1.29 is 33.2 Å². The van der Waals surface area contributed by atoms with Gasteiger partial charge in [-0.1, -0.05) is 39.5 Å². The van der Waals surface area contributed by atoms with Crippen molar-refractivity contribution in [3.63, 3.8) is 0 Å². The van der Waals surface area contributed by atoms with E-state index in [2.05, 4.69) is 0 Å². The summed E-state index contributed by atoms with van der Waals surface area (Å²) in [7, 11) is -0.868. The topological polar surface area (TPSA) is 110 Å². The third-order valence-electron chi connectivity index (χ3n) is 5.87. The molecule has 0 aromatic carbocycles. The molecule has 3 rings (SSSR count). The summed E-state index contributed by atoms with van der Waals surface area (Å²) in [6.45, 7) is 8.78. The number of carbonyl (C=O) groups excluding carboxylic acids is 3. The van der Waals surface area contributed by atoms with Crippen LogP contribution in [0, 0.1) is 23.7 Å². The first-order chi connectivity index (χ1) is 15.0. The highest BCUT2D eigenvalue weighted by molar-refractivity contribution is 8.23. The fraction of sp³-hybridized carbons (Fsp3) is 0.762. The molecule has 8 nitrogen and oxygen atoms in total. The average Bonchev–Trinajstić information content (AvgIpc) is 3.22. The molecule has 0 aromatic rings. The summed E-state index contributed by atoms with van der Waals surface area (Å²) < 4.78 is 22.8. The van der Waals surface area contributed by atoms with Crippen molar-refractivity contribution in [2.45, 2.75) is 57.8 Å². The van der Waals surface area contributed by atoms with Gasteiger partial charge in [0.05, 0.1) is 22.2 Å². The lowest BCUT2D eigenvalue weighted by Gasteiger charge is -2.43. The van der Waals surface area contributed by atoms with E-state index in [1.54, 1.807) is 6.92 Å². The van der Waals surface area contributed by atoms with Gasteiger partial charge in [0.25, 0.3) is 0 Å². The van der Waals surface area contributed by atoms with E-state index in [4.69, 9.17) is 9.47 Å². The molecule has 0 unspecified atom stereocenters. The minimum atomic E-state index is -0.868. The Balaban J connectivity index is 1.69. The van der Waals surface area contributed by atoms with Crippen molar-refractivity contribution in [1.29, 1.82) is 0 Å². The quantitative estimate of drug-likeness (QED) is 0.287. The molecule has 0 saturated carbocycles. The SMILES string of the molecule is CC(C)C(C(=O)OCOC(=O)C1=C(S[C@H]2CC[S@@](=O)C2)S[C@@H]2[C@@H]([C@@H](C)O)C(=O)N12)C(C)C. The van der Waals surface area contributed by atoms with E-state index in [1.807, 2.05) is 27.7 Å². The maximum absolute atomic E-state index is 12.9. The van der Waals surface area contributed by atoms with Crippen LogP contribution in [-0.2, 0) is 34.7 Å². The number of rotatable bonds is 9. The molecule has 32 heavy (non-hydrogen) atoms. The fourth-order valence-electron chi connectivity index (χ4n) is 4.32. The van der Waals surface area contributed by atoms with Crippen molar-refractivity contribution in [2.75, 3.05) is 18.3 Å². The Bertz CT molecular complexity index is 818. The van der Waals surface area contributed by atoms with E-state index in [0.717, 1.165) is 6.42 Å². The van der Waals surface area contributed by atoms with Crippen LogP contribution >= 0.6 is 23.5 Å². The molecule has 0 aliphatic carbocycles. The van der Waals surface area contributed by atoms with Gasteiger partial charge in [-0.2, -0.15) is 0 Å². The molecule has 0 bridgehead atoms. The van der Waals surface area contributed by atoms with Gasteiger partial charge in [-0.25, -0.2) is 4.79 Å². The van der Waals surface area contributed by atoms with Gasteiger partial charge in [0, 0.05) is 27.6 Å². The largest absolute Gasteiger partial charge is 0.428 e. The van der Waals surface area contributed by atoms with E-state index in [-0.39, 0.29) is 40.0 Å². The maximum atomic E-state index is 12.9. The maximum Gasteiger partial charge on any atom is 0.359 e. The normalized spacial score (nSPS) is 28.4. The third kappa shape index (κ3) is 5.20. The smallest absolute Gasteiger partial charge is 0.359 e. The molecule has 0 spiro atoms. The minimum Gasteiger partial charge on any atom is -0.428 e. The van der Waals surface area contributed by atoms with E-state index in [0.29, 0.717) is 15.7 Å². The third-order valence-corrected chi connectivity index (χ3v) is 10.4. The summed E-state index contributed by atoms with van der Waals surface area (Å²) in [6.07, 6.45) is -0.0623. The highest BCUT2D eigenvalue weighted by atomic mass is 32.2. The molecule has 0 radical (unpaired) electrons. The molecular formula is C21H31NO7S3. The second-order valence-corrected chi connectivity index (χ2v) is 13.3. The first-order valence-corrected chi connectivity index (χ1v) is 14.0. The second kappa shape index (κ2) is 10.5. The van der Waals surface area contributed by atoms with Crippen LogP contribution in [0.2, 0.25) is 0 Å². The number of aliphatic hydroxyl groups is 1. The van der Waals surface area contributed by atoms with Gasteiger partial charge in [0.2, 0.25) is 12.7 Å². The van der Waals surface area contributed by atoms with Gasteiger partial charge in [-0.05, 0) is 25.2 Å². The predicted octanol–water partition coefficient (Wildman–Crippen LogP) is 2.29. The van der Waals surface area contributed by atoms with Crippen molar-refractivity contribution in [3.8, 4) is 0 Å². The molecular weight excluding hydrogens is 474 g/mol. The van der Waals surface area contributed by atoms with Crippen molar-refractivity contribution in [1.82, 2.24) is 4.90 Å². The van der Waals surface area contributed by atoms with Gasteiger partial charge in [-0.15, -0.1) is 11.8 Å². The lowest BCUT2D eigenvalue weighted by atomic mass is 9.86. The van der Waals surface area contributed by atoms with E-state index >= 15 is 0 Å². The number of esters is 2. The Morgan fingerprint density at radius 2 is 1.88 bits per heavy atom. The fourth-order valence-corrected chi connectivity index (χ4v) is 9.57. The number of hydrogen-bond donors (Lipinski definition) is 1. The summed E-state index contributed by atoms with van der Waals surface area (Å²) in [5.41, 5.74) is 0.130. The first-order valence-electron chi connectivity index (χ1n) is 10.8. The number of ether oxygens (including phenoxy) is 2. The summed E-state index contributed by atoms with van der Waals surface area (Å²) in [4.78, 5) is 39.3. The Morgan fingerprint density at radius 3 is 2.41 bits per heavy atom. The van der Waals surface area contributed by atoms with Crippen LogP contribution in [0.15, 0.2) is 9.93 Å². The summed E-state index contributed by atoms with van der Waals surface area (Å²) in [5, 5.41) is 9.69. The predicted molar refractivity (Wildman–Crippen MR) is 125 cm³/mol. The zero-order valence-electron chi connectivity index (χ0n) is 18.9. The second-order valence-electron chi connectivity index (χ2n) is 8.99. The van der Waals surface area contributed by atoms with Crippen LogP contribution in [0.4, 0.5) is 0 Å². The summed E-state index contributed by atoms with van der Waals surface area (Å²) >= 11 is 2.79. The number of aliphatic hydroxyl groups excluding tert-OH is 1. The number of hydrogen-bond acceptors (Lipinski definition) is 9.